The second kappa shape index (κ2) is 6.81. The average Bonchev–Trinajstić information content (AvgIpc) is 2.17. The molecule has 1 aliphatic heterocycles. The van der Waals surface area contributed by atoms with E-state index >= 15 is 0 Å². The number of aliphatic imine (C=N–C) groups is 1. The minimum atomic E-state index is 0.571. The van der Waals surface area contributed by atoms with Crippen LogP contribution >= 0.6 is 0 Å². The number of halogens is 1. The van der Waals surface area contributed by atoms with Gasteiger partial charge in [0.2, 0.25) is 0 Å². The van der Waals surface area contributed by atoms with E-state index in [1.807, 2.05) is 0 Å². The maximum absolute atomic E-state index is 4.93. The standard InChI is InChI=1S/C12H23IN/c1-4-11(9-10(2)3)14-12-5-7-13-8-6-12/h10,12H,4-9H2,1-3H3/q-1. The Labute approximate surface area is 99.0 Å². The molecule has 1 saturated heterocycles. The molecule has 1 heterocycles. The Morgan fingerprint density at radius 2 is 2.00 bits per heavy atom. The maximum atomic E-state index is 4.93. The number of hydrogen-bond acceptors (Lipinski definition) is 1. The first-order valence-electron chi connectivity index (χ1n) is 5.81. The van der Waals surface area contributed by atoms with Crippen molar-refractivity contribution < 1.29 is 21.2 Å². The van der Waals surface area contributed by atoms with Gasteiger partial charge in [0.25, 0.3) is 0 Å². The number of hydrogen-bond donors (Lipinski definition) is 0. The van der Waals surface area contributed by atoms with Crippen molar-refractivity contribution in [3.8, 4) is 0 Å². The van der Waals surface area contributed by atoms with Gasteiger partial charge in [-0.3, -0.25) is 0 Å². The van der Waals surface area contributed by atoms with Crippen LogP contribution in [0.2, 0.25) is 0 Å². The van der Waals surface area contributed by atoms with E-state index in [0.29, 0.717) is 27.2 Å². The van der Waals surface area contributed by atoms with Gasteiger partial charge in [-0.15, -0.1) is 0 Å². The number of nitrogens with zero attached hydrogens (tertiary/aromatic N) is 1. The van der Waals surface area contributed by atoms with E-state index in [1.54, 1.807) is 0 Å². The van der Waals surface area contributed by atoms with Gasteiger partial charge in [0.05, 0.1) is 0 Å². The summed E-state index contributed by atoms with van der Waals surface area (Å²) in [5, 5.41) is 0. The molecule has 14 heavy (non-hydrogen) atoms. The average molecular weight is 308 g/mol. The molecule has 0 radical (unpaired) electrons. The van der Waals surface area contributed by atoms with Gasteiger partial charge in [-0.1, -0.05) is 0 Å². The second-order valence-electron chi connectivity index (χ2n) is 4.44. The van der Waals surface area contributed by atoms with Crippen LogP contribution in [0.5, 0.6) is 0 Å². The van der Waals surface area contributed by atoms with Gasteiger partial charge in [-0.25, -0.2) is 0 Å². The third-order valence-corrected chi connectivity index (χ3v) is 5.34. The molecule has 1 nitrogen and oxygen atoms in total. The van der Waals surface area contributed by atoms with E-state index < -0.39 is 0 Å². The first kappa shape index (κ1) is 12.5. The fourth-order valence-corrected chi connectivity index (χ4v) is 4.65. The van der Waals surface area contributed by atoms with Crippen molar-refractivity contribution >= 4 is 5.71 Å². The van der Waals surface area contributed by atoms with Crippen LogP contribution in [0.1, 0.15) is 46.5 Å². The summed E-state index contributed by atoms with van der Waals surface area (Å²) in [4.78, 5) is 4.93. The molecule has 2 heteroatoms. The number of rotatable bonds is 4. The summed E-state index contributed by atoms with van der Waals surface area (Å²) in [5.41, 5.74) is 1.46. The molecule has 0 N–H and O–H groups in total. The molecule has 1 rings (SSSR count). The van der Waals surface area contributed by atoms with Crippen LogP contribution in [0, 0.1) is 5.92 Å². The molecule has 0 aromatic carbocycles. The summed E-state index contributed by atoms with van der Waals surface area (Å²) in [6.45, 7) is 6.83. The van der Waals surface area contributed by atoms with Gasteiger partial charge in [0, 0.05) is 0 Å². The van der Waals surface area contributed by atoms with Crippen molar-refractivity contribution in [2.75, 3.05) is 8.86 Å². The van der Waals surface area contributed by atoms with Crippen molar-refractivity contribution in [2.24, 2.45) is 10.9 Å². The minimum absolute atomic E-state index is 0.571. The van der Waals surface area contributed by atoms with Gasteiger partial charge in [-0.2, -0.15) is 0 Å². The van der Waals surface area contributed by atoms with Crippen LogP contribution in [-0.2, 0) is 0 Å². The molecule has 0 spiro atoms. The molecule has 0 aromatic rings. The van der Waals surface area contributed by atoms with Crippen molar-refractivity contribution in [2.45, 2.75) is 52.5 Å². The summed E-state index contributed by atoms with van der Waals surface area (Å²) in [6, 6.07) is 0.692. The third kappa shape index (κ3) is 4.76. The Balaban J connectivity index is 2.43. The quantitative estimate of drug-likeness (QED) is 0.398. The molecule has 0 atom stereocenters. The van der Waals surface area contributed by atoms with E-state index in [2.05, 4.69) is 20.8 Å². The monoisotopic (exact) mass is 308 g/mol. The molecular weight excluding hydrogens is 285 g/mol. The second-order valence-corrected chi connectivity index (χ2v) is 7.68. The SMILES string of the molecule is CCC(CC(C)C)=NC1CC[I-]CC1. The van der Waals surface area contributed by atoms with Gasteiger partial charge < -0.3 is 0 Å². The molecule has 0 aromatic heterocycles. The molecule has 0 aliphatic carbocycles. The zero-order chi connectivity index (χ0) is 10.4. The molecular formula is C12H23IN-. The van der Waals surface area contributed by atoms with E-state index in [1.165, 1.54) is 33.8 Å². The van der Waals surface area contributed by atoms with Crippen LogP contribution < -0.4 is 21.2 Å². The molecule has 0 unspecified atom stereocenters. The van der Waals surface area contributed by atoms with Crippen LogP contribution in [0.25, 0.3) is 0 Å². The van der Waals surface area contributed by atoms with Crippen LogP contribution in [0.15, 0.2) is 4.99 Å². The van der Waals surface area contributed by atoms with E-state index in [4.69, 9.17) is 4.99 Å². The summed E-state index contributed by atoms with van der Waals surface area (Å²) < 4.78 is 3.01. The van der Waals surface area contributed by atoms with Crippen LogP contribution in [-0.4, -0.2) is 20.6 Å². The van der Waals surface area contributed by atoms with Gasteiger partial charge in [0.15, 0.2) is 0 Å². The van der Waals surface area contributed by atoms with E-state index in [9.17, 15) is 0 Å². The zero-order valence-electron chi connectivity index (χ0n) is 9.72. The molecule has 84 valence electrons. The predicted octanol–water partition coefficient (Wildman–Crippen LogP) is 0.135. The summed E-state index contributed by atoms with van der Waals surface area (Å²) >= 11 is 0.571. The summed E-state index contributed by atoms with van der Waals surface area (Å²) in [5.74, 6) is 0.768. The Morgan fingerprint density at radius 3 is 2.50 bits per heavy atom. The zero-order valence-corrected chi connectivity index (χ0v) is 11.9. The Kier molecular flexibility index (Phi) is 6.06. The normalized spacial score (nSPS) is 21.0. The summed E-state index contributed by atoms with van der Waals surface area (Å²) in [7, 11) is 0. The van der Waals surface area contributed by atoms with Gasteiger partial charge in [-0.05, 0) is 0 Å². The Hall–Kier alpha value is 0.400. The Bertz CT molecular complexity index is 181. The Morgan fingerprint density at radius 1 is 1.36 bits per heavy atom. The van der Waals surface area contributed by atoms with Gasteiger partial charge in [0.1, 0.15) is 0 Å². The molecule has 1 fully saturated rings. The van der Waals surface area contributed by atoms with Crippen molar-refractivity contribution in [3.63, 3.8) is 0 Å². The molecule has 0 amide bonds. The van der Waals surface area contributed by atoms with Crippen molar-refractivity contribution in [1.82, 2.24) is 0 Å². The fraction of sp³-hybridized carbons (Fsp3) is 0.917. The van der Waals surface area contributed by atoms with Crippen LogP contribution in [0.4, 0.5) is 0 Å². The summed E-state index contributed by atoms with van der Waals surface area (Å²) in [6.07, 6.45) is 5.13. The predicted molar refractivity (Wildman–Crippen MR) is 59.9 cm³/mol. The first-order chi connectivity index (χ1) is 6.72. The molecule has 0 saturated carbocycles. The van der Waals surface area contributed by atoms with Gasteiger partial charge >= 0.3 is 99.2 Å². The third-order valence-electron chi connectivity index (χ3n) is 2.57. The fourth-order valence-electron chi connectivity index (χ4n) is 1.79. The van der Waals surface area contributed by atoms with E-state index in [-0.39, 0.29) is 0 Å². The van der Waals surface area contributed by atoms with Crippen molar-refractivity contribution in [3.05, 3.63) is 0 Å². The topological polar surface area (TPSA) is 12.4 Å². The van der Waals surface area contributed by atoms with Crippen LogP contribution in [0.3, 0.4) is 0 Å². The first-order valence-corrected chi connectivity index (χ1v) is 8.86. The molecule has 1 aliphatic rings. The van der Waals surface area contributed by atoms with E-state index in [0.717, 1.165) is 12.3 Å². The van der Waals surface area contributed by atoms with Crippen molar-refractivity contribution in [1.29, 1.82) is 0 Å². The number of alkyl halides is 2. The molecule has 0 bridgehead atoms.